The highest BCUT2D eigenvalue weighted by Crippen LogP contribution is 2.29. The maximum absolute atomic E-state index is 11.7. The molecule has 0 radical (unpaired) electrons. The first kappa shape index (κ1) is 15.8. The van der Waals surface area contributed by atoms with Gasteiger partial charge in [0.05, 0.1) is 6.61 Å². The van der Waals surface area contributed by atoms with Crippen molar-refractivity contribution in [3.05, 3.63) is 47.3 Å². The van der Waals surface area contributed by atoms with Gasteiger partial charge >= 0.3 is 5.97 Å². The number of piperazine rings is 1. The number of ether oxygens (including phenoxy) is 1. The van der Waals surface area contributed by atoms with Crippen LogP contribution in [0.25, 0.3) is 10.4 Å². The van der Waals surface area contributed by atoms with Crippen molar-refractivity contribution in [3.8, 4) is 10.4 Å². The molecule has 126 valence electrons. The van der Waals surface area contributed by atoms with E-state index in [0.717, 1.165) is 39.1 Å². The Morgan fingerprint density at radius 3 is 2.54 bits per heavy atom. The van der Waals surface area contributed by atoms with E-state index in [9.17, 15) is 4.79 Å². The highest BCUT2D eigenvalue weighted by Gasteiger charge is 2.33. The smallest absolute Gasteiger partial charge is 0.323 e. The van der Waals surface area contributed by atoms with Crippen molar-refractivity contribution in [3.63, 3.8) is 0 Å². The third-order valence-corrected chi connectivity index (χ3v) is 5.97. The lowest BCUT2D eigenvalue weighted by molar-refractivity contribution is -0.142. The van der Waals surface area contributed by atoms with Crippen molar-refractivity contribution in [1.29, 1.82) is 0 Å². The molecular formula is C19H22N2O2S. The maximum Gasteiger partial charge on any atom is 0.323 e. The molecule has 3 heterocycles. The summed E-state index contributed by atoms with van der Waals surface area (Å²) in [6.07, 6.45) is 0.851. The molecule has 5 heteroatoms. The monoisotopic (exact) mass is 342 g/mol. The number of hydrogen-bond acceptors (Lipinski definition) is 5. The summed E-state index contributed by atoms with van der Waals surface area (Å²) in [5, 5.41) is 0. The van der Waals surface area contributed by atoms with Crippen LogP contribution in [0.1, 0.15) is 11.3 Å². The van der Waals surface area contributed by atoms with E-state index in [1.54, 1.807) is 0 Å². The molecular weight excluding hydrogens is 320 g/mol. The largest absolute Gasteiger partial charge is 0.464 e. The number of rotatable bonds is 4. The van der Waals surface area contributed by atoms with E-state index >= 15 is 0 Å². The second kappa shape index (κ2) is 7.05. The minimum absolute atomic E-state index is 0.00132. The number of hydrogen-bond donors (Lipinski definition) is 0. The predicted octanol–water partition coefficient (Wildman–Crippen LogP) is 2.85. The Hall–Kier alpha value is -1.69. The summed E-state index contributed by atoms with van der Waals surface area (Å²) in [6.45, 7) is 5.53. The van der Waals surface area contributed by atoms with Crippen LogP contribution in [-0.4, -0.2) is 54.6 Å². The van der Waals surface area contributed by atoms with Gasteiger partial charge in [0.25, 0.3) is 0 Å². The molecule has 0 N–H and O–H groups in total. The minimum Gasteiger partial charge on any atom is -0.464 e. The third-order valence-electron chi connectivity index (χ3n) is 4.85. The molecule has 0 bridgehead atoms. The fraction of sp³-hybridized carbons (Fsp3) is 0.421. The highest BCUT2D eigenvalue weighted by atomic mass is 32.1. The zero-order chi connectivity index (χ0) is 16.4. The lowest BCUT2D eigenvalue weighted by Crippen LogP contribution is -2.51. The number of benzene rings is 1. The number of carbonyl (C=O) groups is 1. The zero-order valence-electron chi connectivity index (χ0n) is 13.7. The summed E-state index contributed by atoms with van der Waals surface area (Å²) in [5.41, 5.74) is 1.29. The van der Waals surface area contributed by atoms with Gasteiger partial charge in [0.15, 0.2) is 0 Å². The van der Waals surface area contributed by atoms with E-state index in [-0.39, 0.29) is 12.0 Å². The van der Waals surface area contributed by atoms with E-state index < -0.39 is 0 Å². The van der Waals surface area contributed by atoms with Crippen molar-refractivity contribution in [2.75, 3.05) is 32.8 Å². The van der Waals surface area contributed by atoms with Gasteiger partial charge in [0, 0.05) is 48.9 Å². The maximum atomic E-state index is 11.7. The molecule has 0 spiro atoms. The number of nitrogens with zero attached hydrogens (tertiary/aromatic N) is 2. The van der Waals surface area contributed by atoms with E-state index in [0.29, 0.717) is 6.61 Å². The predicted molar refractivity (Wildman–Crippen MR) is 96.0 cm³/mol. The van der Waals surface area contributed by atoms with Gasteiger partial charge in [-0.25, -0.2) is 0 Å². The zero-order valence-corrected chi connectivity index (χ0v) is 14.5. The summed E-state index contributed by atoms with van der Waals surface area (Å²) < 4.78 is 5.09. The van der Waals surface area contributed by atoms with Gasteiger partial charge in [-0.15, -0.1) is 11.3 Å². The van der Waals surface area contributed by atoms with Gasteiger partial charge in [0.1, 0.15) is 6.04 Å². The van der Waals surface area contributed by atoms with Crippen molar-refractivity contribution in [2.24, 2.45) is 0 Å². The van der Waals surface area contributed by atoms with Gasteiger partial charge in [-0.05, 0) is 17.7 Å². The van der Waals surface area contributed by atoms with Crippen LogP contribution in [0.4, 0.5) is 0 Å². The summed E-state index contributed by atoms with van der Waals surface area (Å²) in [4.78, 5) is 19.2. The Morgan fingerprint density at radius 2 is 1.83 bits per heavy atom. The Morgan fingerprint density at radius 1 is 1.04 bits per heavy atom. The van der Waals surface area contributed by atoms with Crippen molar-refractivity contribution < 1.29 is 9.53 Å². The van der Waals surface area contributed by atoms with Crippen LogP contribution in [0.5, 0.6) is 0 Å². The van der Waals surface area contributed by atoms with E-state index in [2.05, 4.69) is 52.3 Å². The van der Waals surface area contributed by atoms with Crippen LogP contribution in [-0.2, 0) is 16.1 Å². The Kier molecular flexibility index (Phi) is 4.65. The summed E-state index contributed by atoms with van der Waals surface area (Å²) >= 11 is 1.88. The normalized spacial score (nSPS) is 22.7. The van der Waals surface area contributed by atoms with Crippen LogP contribution in [0.2, 0.25) is 0 Å². The number of thiophene rings is 1. The molecule has 1 aromatic heterocycles. The van der Waals surface area contributed by atoms with Gasteiger partial charge in [0.2, 0.25) is 0 Å². The quantitative estimate of drug-likeness (QED) is 0.800. The van der Waals surface area contributed by atoms with Gasteiger partial charge < -0.3 is 4.74 Å². The molecule has 0 amide bonds. The van der Waals surface area contributed by atoms with Crippen LogP contribution in [0.15, 0.2) is 42.5 Å². The summed E-state index contributed by atoms with van der Waals surface area (Å²) in [6, 6.07) is 15.0. The van der Waals surface area contributed by atoms with Gasteiger partial charge in [-0.1, -0.05) is 30.3 Å². The third kappa shape index (κ3) is 3.38. The summed E-state index contributed by atoms with van der Waals surface area (Å²) in [7, 11) is 0. The standard InChI is InChI=1S/C19H22N2O2S/c22-19-17(8-13-23-19)21-11-9-20(10-12-21)14-16-6-7-18(24-16)15-4-2-1-3-5-15/h1-7,17H,8-14H2/t17-/m1/s1. The fourth-order valence-corrected chi connectivity index (χ4v) is 4.55. The lowest BCUT2D eigenvalue weighted by Gasteiger charge is -2.36. The van der Waals surface area contributed by atoms with Gasteiger partial charge in [-0.2, -0.15) is 0 Å². The minimum atomic E-state index is -0.0331. The Labute approximate surface area is 146 Å². The SMILES string of the molecule is O=C1OCC[C@H]1N1CCN(Cc2ccc(-c3ccccc3)s2)CC1. The first-order valence-corrected chi connectivity index (χ1v) is 9.38. The number of carbonyl (C=O) groups excluding carboxylic acids is 1. The average Bonchev–Trinajstić information content (AvgIpc) is 3.26. The topological polar surface area (TPSA) is 32.8 Å². The second-order valence-corrected chi connectivity index (χ2v) is 7.58. The van der Waals surface area contributed by atoms with Crippen molar-refractivity contribution >= 4 is 17.3 Å². The van der Waals surface area contributed by atoms with Crippen LogP contribution >= 0.6 is 11.3 Å². The van der Waals surface area contributed by atoms with E-state index in [1.165, 1.54) is 15.3 Å². The molecule has 1 atom stereocenters. The molecule has 24 heavy (non-hydrogen) atoms. The van der Waals surface area contributed by atoms with Crippen molar-refractivity contribution in [2.45, 2.75) is 19.0 Å². The first-order chi connectivity index (χ1) is 11.8. The molecule has 2 aliphatic rings. The molecule has 0 saturated carbocycles. The van der Waals surface area contributed by atoms with Crippen LogP contribution in [0, 0.1) is 0 Å². The molecule has 2 fully saturated rings. The highest BCUT2D eigenvalue weighted by molar-refractivity contribution is 7.15. The molecule has 2 aromatic rings. The van der Waals surface area contributed by atoms with E-state index in [4.69, 9.17) is 4.74 Å². The van der Waals surface area contributed by atoms with E-state index in [1.807, 2.05) is 11.3 Å². The van der Waals surface area contributed by atoms with Gasteiger partial charge in [-0.3, -0.25) is 14.6 Å². The number of esters is 1. The van der Waals surface area contributed by atoms with Crippen LogP contribution in [0.3, 0.4) is 0 Å². The molecule has 0 aliphatic carbocycles. The van der Waals surface area contributed by atoms with Crippen LogP contribution < -0.4 is 0 Å². The molecule has 4 nitrogen and oxygen atoms in total. The molecule has 2 aliphatic heterocycles. The van der Waals surface area contributed by atoms with Crippen molar-refractivity contribution in [1.82, 2.24) is 9.80 Å². The molecule has 1 aromatic carbocycles. The summed E-state index contributed by atoms with van der Waals surface area (Å²) in [5.74, 6) is -0.0331. The Bertz CT molecular complexity index is 692. The fourth-order valence-electron chi connectivity index (χ4n) is 3.49. The second-order valence-electron chi connectivity index (χ2n) is 6.42. The Balaban J connectivity index is 1.33. The lowest BCUT2D eigenvalue weighted by atomic mass is 10.2. The average molecular weight is 342 g/mol. The molecule has 2 saturated heterocycles. The molecule has 0 unspecified atom stereocenters. The number of cyclic esters (lactones) is 1. The first-order valence-electron chi connectivity index (χ1n) is 8.57. The molecule has 4 rings (SSSR count).